The van der Waals surface area contributed by atoms with Crippen molar-refractivity contribution >= 4 is 11.9 Å². The van der Waals surface area contributed by atoms with Crippen LogP contribution in [0.3, 0.4) is 0 Å². The van der Waals surface area contributed by atoms with E-state index >= 15 is 0 Å². The maximum absolute atomic E-state index is 11.7. The second-order valence-electron chi connectivity index (χ2n) is 3.77. The Morgan fingerprint density at radius 3 is 2.80 bits per heavy atom. The van der Waals surface area contributed by atoms with Crippen LogP contribution < -0.4 is 10.1 Å². The molecular weight excluding hydrogens is 266 g/mol. The molecule has 0 unspecified atom stereocenters. The first-order valence-electron chi connectivity index (χ1n) is 5.57. The van der Waals surface area contributed by atoms with Gasteiger partial charge in [0, 0.05) is 24.9 Å². The van der Waals surface area contributed by atoms with Gasteiger partial charge >= 0.3 is 5.97 Å². The highest BCUT2D eigenvalue weighted by Crippen LogP contribution is 2.07. The van der Waals surface area contributed by atoms with Gasteiger partial charge in [-0.2, -0.15) is 0 Å². The number of methoxy groups -OCH3 is 1. The number of aromatic nitrogens is 2. The molecule has 2 aromatic heterocycles. The van der Waals surface area contributed by atoms with E-state index in [1.807, 2.05) is 0 Å². The summed E-state index contributed by atoms with van der Waals surface area (Å²) in [6, 6.07) is 4.47. The molecule has 0 bridgehead atoms. The Hall–Kier alpha value is -2.90. The first-order chi connectivity index (χ1) is 9.60. The number of carbonyl (C=O) groups is 2. The number of amides is 1. The van der Waals surface area contributed by atoms with Crippen molar-refractivity contribution in [3.63, 3.8) is 0 Å². The van der Waals surface area contributed by atoms with Crippen molar-refractivity contribution in [1.82, 2.24) is 15.5 Å². The largest absolute Gasteiger partial charge is 0.481 e. The SMILES string of the molecule is COc1ccc(CNC(=O)c2cc(C(=O)O)on2)cn1. The lowest BCUT2D eigenvalue weighted by atomic mass is 10.2. The van der Waals surface area contributed by atoms with Crippen molar-refractivity contribution in [2.24, 2.45) is 0 Å². The van der Waals surface area contributed by atoms with E-state index in [2.05, 4.69) is 20.0 Å². The predicted octanol–water partition coefficient (Wildman–Crippen LogP) is 0.706. The molecule has 0 fully saturated rings. The molecule has 2 heterocycles. The Morgan fingerprint density at radius 2 is 2.25 bits per heavy atom. The topological polar surface area (TPSA) is 115 Å². The standard InChI is InChI=1S/C12H11N3O5/c1-19-10-3-2-7(5-13-10)6-14-11(16)8-4-9(12(17)18)20-15-8/h2-5H,6H2,1H3,(H,14,16)(H,17,18). The Balaban J connectivity index is 1.95. The molecule has 104 valence electrons. The van der Waals surface area contributed by atoms with Crippen molar-refractivity contribution in [3.05, 3.63) is 41.4 Å². The zero-order valence-electron chi connectivity index (χ0n) is 10.5. The van der Waals surface area contributed by atoms with Crippen LogP contribution in [0.15, 0.2) is 28.9 Å². The van der Waals surface area contributed by atoms with Crippen molar-refractivity contribution in [2.45, 2.75) is 6.54 Å². The number of nitrogens with zero attached hydrogens (tertiary/aromatic N) is 2. The van der Waals surface area contributed by atoms with Gasteiger partial charge in [-0.05, 0) is 5.56 Å². The molecule has 0 atom stereocenters. The van der Waals surface area contributed by atoms with E-state index in [1.54, 1.807) is 18.3 Å². The van der Waals surface area contributed by atoms with Gasteiger partial charge in [-0.25, -0.2) is 9.78 Å². The first-order valence-corrected chi connectivity index (χ1v) is 5.57. The average molecular weight is 277 g/mol. The van der Waals surface area contributed by atoms with Crippen LogP contribution in [0.25, 0.3) is 0 Å². The molecule has 0 aliphatic carbocycles. The number of nitrogens with one attached hydrogen (secondary N) is 1. The van der Waals surface area contributed by atoms with E-state index in [0.29, 0.717) is 5.88 Å². The highest BCUT2D eigenvalue weighted by Gasteiger charge is 2.16. The van der Waals surface area contributed by atoms with Crippen molar-refractivity contribution in [3.8, 4) is 5.88 Å². The Bertz CT molecular complexity index is 620. The third kappa shape index (κ3) is 3.10. The lowest BCUT2D eigenvalue weighted by Crippen LogP contribution is -2.23. The van der Waals surface area contributed by atoms with Crippen molar-refractivity contribution in [1.29, 1.82) is 0 Å². The van der Waals surface area contributed by atoms with Gasteiger partial charge in [0.2, 0.25) is 11.6 Å². The van der Waals surface area contributed by atoms with Crippen LogP contribution in [0.5, 0.6) is 5.88 Å². The van der Waals surface area contributed by atoms with E-state index in [9.17, 15) is 9.59 Å². The molecule has 2 N–H and O–H groups in total. The van der Waals surface area contributed by atoms with Crippen LogP contribution in [-0.2, 0) is 6.54 Å². The molecule has 0 saturated heterocycles. The Kier molecular flexibility index (Phi) is 3.94. The molecule has 0 radical (unpaired) electrons. The van der Waals surface area contributed by atoms with Crippen LogP contribution in [0.2, 0.25) is 0 Å². The number of rotatable bonds is 5. The van der Waals surface area contributed by atoms with Crippen LogP contribution >= 0.6 is 0 Å². The quantitative estimate of drug-likeness (QED) is 0.826. The van der Waals surface area contributed by atoms with Crippen LogP contribution in [-0.4, -0.2) is 34.2 Å². The van der Waals surface area contributed by atoms with Gasteiger partial charge < -0.3 is 19.7 Å². The lowest BCUT2D eigenvalue weighted by Gasteiger charge is -2.03. The molecule has 0 aliphatic heterocycles. The lowest BCUT2D eigenvalue weighted by molar-refractivity contribution is 0.0651. The number of aromatic carboxylic acids is 1. The van der Waals surface area contributed by atoms with E-state index in [1.165, 1.54) is 7.11 Å². The van der Waals surface area contributed by atoms with Crippen molar-refractivity contribution in [2.75, 3.05) is 7.11 Å². The van der Waals surface area contributed by atoms with E-state index in [-0.39, 0.29) is 18.0 Å². The summed E-state index contributed by atoms with van der Waals surface area (Å²) in [7, 11) is 1.51. The summed E-state index contributed by atoms with van der Waals surface area (Å²) in [5, 5.41) is 14.6. The molecule has 2 rings (SSSR count). The number of pyridine rings is 1. The monoisotopic (exact) mass is 277 g/mol. The molecule has 8 heteroatoms. The zero-order chi connectivity index (χ0) is 14.5. The van der Waals surface area contributed by atoms with E-state index in [0.717, 1.165) is 11.6 Å². The third-order valence-electron chi connectivity index (χ3n) is 2.41. The summed E-state index contributed by atoms with van der Waals surface area (Å²) in [6.45, 7) is 0.227. The highest BCUT2D eigenvalue weighted by molar-refractivity contribution is 5.94. The minimum Gasteiger partial charge on any atom is -0.481 e. The summed E-state index contributed by atoms with van der Waals surface area (Å²) in [4.78, 5) is 26.3. The van der Waals surface area contributed by atoms with Gasteiger partial charge in [0.1, 0.15) is 0 Å². The number of hydrogen-bond acceptors (Lipinski definition) is 6. The molecule has 0 aliphatic rings. The minimum absolute atomic E-state index is 0.0936. The molecule has 0 spiro atoms. The summed E-state index contributed by atoms with van der Waals surface area (Å²) in [5.41, 5.74) is 0.671. The van der Waals surface area contributed by atoms with E-state index < -0.39 is 11.9 Å². The van der Waals surface area contributed by atoms with Gasteiger partial charge in [0.25, 0.3) is 5.91 Å². The molecule has 2 aromatic rings. The maximum atomic E-state index is 11.7. The highest BCUT2D eigenvalue weighted by atomic mass is 16.5. The first kappa shape index (κ1) is 13.5. The Morgan fingerprint density at radius 1 is 1.45 bits per heavy atom. The maximum Gasteiger partial charge on any atom is 0.374 e. The van der Waals surface area contributed by atoms with Crippen LogP contribution in [0, 0.1) is 0 Å². The van der Waals surface area contributed by atoms with Gasteiger partial charge in [0.05, 0.1) is 7.11 Å². The van der Waals surface area contributed by atoms with Crippen LogP contribution in [0.4, 0.5) is 0 Å². The van der Waals surface area contributed by atoms with Gasteiger partial charge in [0.15, 0.2) is 5.69 Å². The number of carbonyl (C=O) groups excluding carboxylic acids is 1. The van der Waals surface area contributed by atoms with Gasteiger partial charge in [-0.3, -0.25) is 4.79 Å². The zero-order valence-corrected chi connectivity index (χ0v) is 10.5. The molecule has 1 amide bonds. The van der Waals surface area contributed by atoms with Crippen molar-refractivity contribution < 1.29 is 24.0 Å². The summed E-state index contributed by atoms with van der Waals surface area (Å²) in [5.74, 6) is -1.73. The smallest absolute Gasteiger partial charge is 0.374 e. The Labute approximate surface area is 113 Å². The predicted molar refractivity (Wildman–Crippen MR) is 65.4 cm³/mol. The van der Waals surface area contributed by atoms with Crippen LogP contribution in [0.1, 0.15) is 26.6 Å². The second kappa shape index (κ2) is 5.83. The molecule has 20 heavy (non-hydrogen) atoms. The van der Waals surface area contributed by atoms with Gasteiger partial charge in [-0.15, -0.1) is 0 Å². The fourth-order valence-corrected chi connectivity index (χ4v) is 1.39. The summed E-state index contributed by atoms with van der Waals surface area (Å²) < 4.78 is 9.40. The molecule has 0 saturated carbocycles. The fraction of sp³-hybridized carbons (Fsp3) is 0.167. The number of carboxylic acid groups (broad SMARTS) is 1. The number of carboxylic acids is 1. The van der Waals surface area contributed by atoms with Gasteiger partial charge in [-0.1, -0.05) is 11.2 Å². The summed E-state index contributed by atoms with van der Waals surface area (Å²) >= 11 is 0. The number of ether oxygens (including phenoxy) is 1. The average Bonchev–Trinajstić information content (AvgIpc) is 2.95. The van der Waals surface area contributed by atoms with E-state index in [4.69, 9.17) is 9.84 Å². The third-order valence-corrected chi connectivity index (χ3v) is 2.41. The fourth-order valence-electron chi connectivity index (χ4n) is 1.39. The minimum atomic E-state index is -1.28. The molecule has 8 nitrogen and oxygen atoms in total. The molecule has 0 aromatic carbocycles. The normalized spacial score (nSPS) is 10.1. The second-order valence-corrected chi connectivity index (χ2v) is 3.77. The summed E-state index contributed by atoms with van der Waals surface area (Å²) in [6.07, 6.45) is 1.56. The molecular formula is C12H11N3O5. The number of hydrogen-bond donors (Lipinski definition) is 2.